The van der Waals surface area contributed by atoms with Gasteiger partial charge in [0.05, 0.1) is 12.0 Å². The van der Waals surface area contributed by atoms with Gasteiger partial charge in [-0.15, -0.1) is 11.8 Å². The lowest BCUT2D eigenvalue weighted by Crippen LogP contribution is -2.19. The van der Waals surface area contributed by atoms with E-state index in [-0.39, 0.29) is 11.7 Å². The molecule has 2 aromatic rings. The number of nitrogens with zero attached hydrogens (tertiary/aromatic N) is 1. The molecular formula is C18H17ClN2O2S. The van der Waals surface area contributed by atoms with Crippen LogP contribution in [0.5, 0.6) is 5.75 Å². The van der Waals surface area contributed by atoms with Crippen LogP contribution in [0.25, 0.3) is 0 Å². The second kappa shape index (κ2) is 9.80. The summed E-state index contributed by atoms with van der Waals surface area (Å²) in [6.45, 7) is 4.05. The zero-order valence-electron chi connectivity index (χ0n) is 12.9. The highest BCUT2D eigenvalue weighted by molar-refractivity contribution is 8.00. The fraction of sp³-hybridized carbons (Fsp3) is 0.111. The van der Waals surface area contributed by atoms with Crippen molar-refractivity contribution in [2.24, 2.45) is 5.10 Å². The summed E-state index contributed by atoms with van der Waals surface area (Å²) in [4.78, 5) is 12.8. The van der Waals surface area contributed by atoms with Gasteiger partial charge in [-0.05, 0) is 42.0 Å². The van der Waals surface area contributed by atoms with E-state index in [0.29, 0.717) is 11.6 Å². The van der Waals surface area contributed by atoms with Crippen LogP contribution in [0.15, 0.2) is 71.2 Å². The first-order valence-corrected chi connectivity index (χ1v) is 8.58. The summed E-state index contributed by atoms with van der Waals surface area (Å²) in [6, 6.07) is 14.7. The standard InChI is InChI=1S/C18H17ClN2O2S/c1-2-10-23-16-5-3-4-14(11-16)12-20-21-18(22)13-24-17-8-6-15(19)7-9-17/h2-9,11-12H,1,10,13H2,(H,21,22)/b20-12-. The normalized spacial score (nSPS) is 10.5. The molecule has 0 aliphatic rings. The lowest BCUT2D eigenvalue weighted by molar-refractivity contribution is -0.118. The summed E-state index contributed by atoms with van der Waals surface area (Å²) in [5, 5.41) is 4.63. The van der Waals surface area contributed by atoms with Crippen molar-refractivity contribution in [2.45, 2.75) is 4.90 Å². The Kier molecular flexibility index (Phi) is 7.39. The van der Waals surface area contributed by atoms with Crippen LogP contribution in [0.2, 0.25) is 5.02 Å². The van der Waals surface area contributed by atoms with Crippen molar-refractivity contribution in [3.63, 3.8) is 0 Å². The number of hydrogen-bond donors (Lipinski definition) is 1. The molecule has 0 spiro atoms. The maximum atomic E-state index is 11.8. The van der Waals surface area contributed by atoms with E-state index in [1.165, 1.54) is 11.8 Å². The second-order valence-corrected chi connectivity index (χ2v) is 6.19. The molecule has 2 rings (SSSR count). The predicted octanol–water partition coefficient (Wildman–Crippen LogP) is 4.15. The Morgan fingerprint density at radius 2 is 2.08 bits per heavy atom. The average Bonchev–Trinajstić information content (AvgIpc) is 2.60. The van der Waals surface area contributed by atoms with Crippen molar-refractivity contribution >= 4 is 35.5 Å². The zero-order valence-corrected chi connectivity index (χ0v) is 14.5. The highest BCUT2D eigenvalue weighted by atomic mass is 35.5. The molecule has 24 heavy (non-hydrogen) atoms. The molecule has 1 N–H and O–H groups in total. The predicted molar refractivity (Wildman–Crippen MR) is 100 cm³/mol. The molecule has 0 bridgehead atoms. The molecule has 124 valence electrons. The van der Waals surface area contributed by atoms with Gasteiger partial charge >= 0.3 is 0 Å². The van der Waals surface area contributed by atoms with Crippen molar-refractivity contribution < 1.29 is 9.53 Å². The molecule has 0 aliphatic carbocycles. The minimum absolute atomic E-state index is 0.176. The minimum Gasteiger partial charge on any atom is -0.490 e. The lowest BCUT2D eigenvalue weighted by Gasteiger charge is -2.03. The molecule has 0 aromatic heterocycles. The molecule has 0 unspecified atom stereocenters. The van der Waals surface area contributed by atoms with Gasteiger partial charge in [-0.25, -0.2) is 5.43 Å². The van der Waals surface area contributed by atoms with Crippen LogP contribution in [0.4, 0.5) is 0 Å². The molecule has 0 saturated carbocycles. The molecule has 0 radical (unpaired) electrons. The molecule has 2 aromatic carbocycles. The summed E-state index contributed by atoms with van der Waals surface area (Å²) in [5.41, 5.74) is 3.34. The van der Waals surface area contributed by atoms with Crippen LogP contribution in [0, 0.1) is 0 Å². The number of ether oxygens (including phenoxy) is 1. The Bertz CT molecular complexity index is 717. The van der Waals surface area contributed by atoms with Crippen LogP contribution in [0.3, 0.4) is 0 Å². The van der Waals surface area contributed by atoms with Gasteiger partial charge in [0, 0.05) is 9.92 Å². The number of thioether (sulfide) groups is 1. The van der Waals surface area contributed by atoms with E-state index in [2.05, 4.69) is 17.1 Å². The first-order chi connectivity index (χ1) is 11.7. The lowest BCUT2D eigenvalue weighted by atomic mass is 10.2. The molecule has 6 heteroatoms. The number of rotatable bonds is 8. The van der Waals surface area contributed by atoms with Gasteiger partial charge in [0.1, 0.15) is 12.4 Å². The quantitative estimate of drug-likeness (QED) is 0.333. The van der Waals surface area contributed by atoms with Crippen molar-refractivity contribution in [3.05, 3.63) is 71.8 Å². The van der Waals surface area contributed by atoms with E-state index in [1.807, 2.05) is 36.4 Å². The third-order valence-electron chi connectivity index (χ3n) is 2.81. The van der Waals surface area contributed by atoms with Gasteiger partial charge in [0.2, 0.25) is 5.91 Å². The Labute approximate surface area is 150 Å². The maximum Gasteiger partial charge on any atom is 0.250 e. The van der Waals surface area contributed by atoms with Crippen LogP contribution >= 0.6 is 23.4 Å². The van der Waals surface area contributed by atoms with Gasteiger partial charge in [0.15, 0.2) is 0 Å². The zero-order chi connectivity index (χ0) is 17.2. The van der Waals surface area contributed by atoms with Crippen LogP contribution in [0.1, 0.15) is 5.56 Å². The van der Waals surface area contributed by atoms with E-state index in [9.17, 15) is 4.79 Å². The SMILES string of the molecule is C=CCOc1cccc(/C=N\NC(=O)CSc2ccc(Cl)cc2)c1. The third kappa shape index (κ3) is 6.48. The molecule has 4 nitrogen and oxygen atoms in total. The smallest absolute Gasteiger partial charge is 0.250 e. The number of carbonyl (C=O) groups excluding carboxylic acids is 1. The summed E-state index contributed by atoms with van der Waals surface area (Å²) in [7, 11) is 0. The Morgan fingerprint density at radius 3 is 2.83 bits per heavy atom. The summed E-state index contributed by atoms with van der Waals surface area (Å²) in [6.07, 6.45) is 3.25. The number of benzene rings is 2. The van der Waals surface area contributed by atoms with E-state index in [1.54, 1.807) is 24.4 Å². The second-order valence-electron chi connectivity index (χ2n) is 4.71. The van der Waals surface area contributed by atoms with E-state index < -0.39 is 0 Å². The fourth-order valence-electron chi connectivity index (χ4n) is 1.73. The van der Waals surface area contributed by atoms with Crippen molar-refractivity contribution in [1.82, 2.24) is 5.43 Å². The largest absolute Gasteiger partial charge is 0.490 e. The van der Waals surface area contributed by atoms with Crippen molar-refractivity contribution in [2.75, 3.05) is 12.4 Å². The van der Waals surface area contributed by atoms with Gasteiger partial charge in [-0.3, -0.25) is 4.79 Å². The van der Waals surface area contributed by atoms with E-state index >= 15 is 0 Å². The molecule has 0 heterocycles. The van der Waals surface area contributed by atoms with Crippen LogP contribution < -0.4 is 10.2 Å². The summed E-state index contributed by atoms with van der Waals surface area (Å²) < 4.78 is 5.44. The first kappa shape index (κ1) is 18.1. The monoisotopic (exact) mass is 360 g/mol. The summed E-state index contributed by atoms with van der Waals surface area (Å²) in [5.74, 6) is 0.829. The molecule has 0 aliphatic heterocycles. The van der Waals surface area contributed by atoms with Gasteiger partial charge in [-0.1, -0.05) is 36.4 Å². The molecule has 0 atom stereocenters. The molecular weight excluding hydrogens is 344 g/mol. The van der Waals surface area contributed by atoms with Gasteiger partial charge in [0.25, 0.3) is 0 Å². The van der Waals surface area contributed by atoms with Gasteiger partial charge in [-0.2, -0.15) is 5.10 Å². The Morgan fingerprint density at radius 1 is 1.29 bits per heavy atom. The van der Waals surface area contributed by atoms with Crippen molar-refractivity contribution in [1.29, 1.82) is 0 Å². The van der Waals surface area contributed by atoms with Crippen LogP contribution in [-0.2, 0) is 4.79 Å². The number of carbonyl (C=O) groups is 1. The van der Waals surface area contributed by atoms with Gasteiger partial charge < -0.3 is 4.74 Å². The van der Waals surface area contributed by atoms with E-state index in [4.69, 9.17) is 16.3 Å². The Balaban J connectivity index is 1.79. The Hall–Kier alpha value is -2.24. The first-order valence-electron chi connectivity index (χ1n) is 7.21. The fourth-order valence-corrected chi connectivity index (χ4v) is 2.55. The van der Waals surface area contributed by atoms with Crippen LogP contribution in [-0.4, -0.2) is 24.5 Å². The van der Waals surface area contributed by atoms with Crippen molar-refractivity contribution in [3.8, 4) is 5.75 Å². The molecule has 0 fully saturated rings. The molecule has 0 saturated heterocycles. The van der Waals surface area contributed by atoms with E-state index in [0.717, 1.165) is 16.2 Å². The average molecular weight is 361 g/mol. The number of hydrogen-bond acceptors (Lipinski definition) is 4. The number of hydrazone groups is 1. The highest BCUT2D eigenvalue weighted by Gasteiger charge is 2.01. The summed E-state index contributed by atoms with van der Waals surface area (Å²) >= 11 is 7.24. The highest BCUT2D eigenvalue weighted by Crippen LogP contribution is 2.19. The maximum absolute atomic E-state index is 11.8. The third-order valence-corrected chi connectivity index (χ3v) is 4.08. The number of amides is 1. The number of halogens is 1. The minimum atomic E-state index is -0.176. The number of nitrogens with one attached hydrogen (secondary N) is 1. The molecule has 1 amide bonds. The topological polar surface area (TPSA) is 50.7 Å².